The fraction of sp³-hybridized carbons (Fsp3) is 0.929. The molecule has 1 heterocycles. The molecule has 5 heteroatoms. The molecule has 19 heavy (non-hydrogen) atoms. The molecule has 1 unspecified atom stereocenters. The lowest BCUT2D eigenvalue weighted by molar-refractivity contribution is 0.00143. The average molecular weight is 271 g/mol. The Morgan fingerprint density at radius 1 is 1.37 bits per heavy atom. The zero-order valence-corrected chi connectivity index (χ0v) is 13.0. The van der Waals surface area contributed by atoms with Crippen LogP contribution in [0.4, 0.5) is 4.79 Å². The Bertz CT molecular complexity index is 289. The first-order chi connectivity index (χ1) is 8.83. The number of rotatable bonds is 4. The number of ether oxygens (including phenoxy) is 1. The quantitative estimate of drug-likeness (QED) is 0.788. The van der Waals surface area contributed by atoms with Gasteiger partial charge in [-0.05, 0) is 54.3 Å². The fourth-order valence-corrected chi connectivity index (χ4v) is 2.31. The maximum absolute atomic E-state index is 12.1. The van der Waals surface area contributed by atoms with Crippen molar-refractivity contribution in [3.05, 3.63) is 0 Å². The Balaban J connectivity index is 2.39. The number of carbonyl (C=O) groups excluding carboxylic acids is 1. The number of hydrogen-bond acceptors (Lipinski definition) is 4. The van der Waals surface area contributed by atoms with Crippen molar-refractivity contribution in [3.63, 3.8) is 0 Å². The van der Waals surface area contributed by atoms with E-state index in [9.17, 15) is 4.79 Å². The maximum atomic E-state index is 12.1. The molecule has 1 fully saturated rings. The summed E-state index contributed by atoms with van der Waals surface area (Å²) >= 11 is 0. The van der Waals surface area contributed by atoms with Crippen LogP contribution in [0.3, 0.4) is 0 Å². The van der Waals surface area contributed by atoms with Gasteiger partial charge in [-0.1, -0.05) is 0 Å². The van der Waals surface area contributed by atoms with Crippen LogP contribution in [0, 0.1) is 0 Å². The minimum Gasteiger partial charge on any atom is -0.444 e. The Morgan fingerprint density at radius 3 is 2.58 bits per heavy atom. The summed E-state index contributed by atoms with van der Waals surface area (Å²) in [6, 6.07) is 0.221. The molecule has 5 nitrogen and oxygen atoms in total. The molecular formula is C14H29N3O2. The SMILES string of the molecule is CNCCCN1CCN(C(=O)OC(C)(C)C)C(C)C1. The molecular weight excluding hydrogens is 242 g/mol. The van der Waals surface area contributed by atoms with Crippen LogP contribution in [0.1, 0.15) is 34.1 Å². The van der Waals surface area contributed by atoms with Gasteiger partial charge in [0.1, 0.15) is 5.60 Å². The third-order valence-electron chi connectivity index (χ3n) is 3.24. The first-order valence-corrected chi connectivity index (χ1v) is 7.20. The molecule has 0 aromatic carbocycles. The molecule has 1 atom stereocenters. The van der Waals surface area contributed by atoms with Gasteiger partial charge in [0.25, 0.3) is 0 Å². The summed E-state index contributed by atoms with van der Waals surface area (Å²) < 4.78 is 5.44. The van der Waals surface area contributed by atoms with E-state index in [1.807, 2.05) is 32.7 Å². The van der Waals surface area contributed by atoms with Crippen LogP contribution < -0.4 is 5.32 Å². The highest BCUT2D eigenvalue weighted by Crippen LogP contribution is 2.15. The van der Waals surface area contributed by atoms with Gasteiger partial charge < -0.3 is 15.0 Å². The highest BCUT2D eigenvalue weighted by molar-refractivity contribution is 5.68. The zero-order chi connectivity index (χ0) is 14.5. The summed E-state index contributed by atoms with van der Waals surface area (Å²) in [7, 11) is 1.98. The molecule has 1 amide bonds. The molecule has 0 aliphatic carbocycles. The van der Waals surface area contributed by atoms with Crippen molar-refractivity contribution >= 4 is 6.09 Å². The molecule has 1 aliphatic heterocycles. The fourth-order valence-electron chi connectivity index (χ4n) is 2.31. The summed E-state index contributed by atoms with van der Waals surface area (Å²) in [6.45, 7) is 12.6. The van der Waals surface area contributed by atoms with Crippen LogP contribution in [-0.2, 0) is 4.74 Å². The minimum absolute atomic E-state index is 0.185. The molecule has 1 aliphatic rings. The molecule has 1 saturated heterocycles. The number of hydrogen-bond donors (Lipinski definition) is 1. The molecule has 1 rings (SSSR count). The van der Waals surface area contributed by atoms with E-state index in [1.54, 1.807) is 0 Å². The lowest BCUT2D eigenvalue weighted by Gasteiger charge is -2.40. The molecule has 0 aromatic rings. The second-order valence-corrected chi connectivity index (χ2v) is 6.28. The number of nitrogens with one attached hydrogen (secondary N) is 1. The molecule has 0 radical (unpaired) electrons. The van der Waals surface area contributed by atoms with Crippen molar-refractivity contribution in [2.45, 2.75) is 45.8 Å². The topological polar surface area (TPSA) is 44.8 Å². The van der Waals surface area contributed by atoms with Crippen molar-refractivity contribution in [1.82, 2.24) is 15.1 Å². The van der Waals surface area contributed by atoms with Crippen LogP contribution in [0.25, 0.3) is 0 Å². The number of piperazine rings is 1. The minimum atomic E-state index is -0.416. The van der Waals surface area contributed by atoms with Crippen molar-refractivity contribution in [2.24, 2.45) is 0 Å². The Labute approximate surface area is 117 Å². The molecule has 0 bridgehead atoms. The average Bonchev–Trinajstić information content (AvgIpc) is 2.27. The third kappa shape index (κ3) is 5.78. The standard InChI is InChI=1S/C14H29N3O2/c1-12-11-16(8-6-7-15-5)9-10-17(12)13(18)19-14(2,3)4/h12,15H,6-11H2,1-5H3. The summed E-state index contributed by atoms with van der Waals surface area (Å²) in [6.07, 6.45) is 0.963. The van der Waals surface area contributed by atoms with E-state index in [2.05, 4.69) is 17.1 Å². The molecule has 0 saturated carbocycles. The van der Waals surface area contributed by atoms with Gasteiger partial charge in [0.2, 0.25) is 0 Å². The second kappa shape index (κ2) is 7.10. The predicted molar refractivity (Wildman–Crippen MR) is 77.4 cm³/mol. The van der Waals surface area contributed by atoms with Gasteiger partial charge in [-0.25, -0.2) is 4.79 Å². The second-order valence-electron chi connectivity index (χ2n) is 6.28. The number of nitrogens with zero attached hydrogens (tertiary/aromatic N) is 2. The lowest BCUT2D eigenvalue weighted by Crippen LogP contribution is -2.55. The van der Waals surface area contributed by atoms with Crippen LogP contribution in [0.5, 0.6) is 0 Å². The van der Waals surface area contributed by atoms with Crippen molar-refractivity contribution < 1.29 is 9.53 Å². The molecule has 1 N–H and O–H groups in total. The van der Waals surface area contributed by atoms with E-state index in [4.69, 9.17) is 4.74 Å². The first-order valence-electron chi connectivity index (χ1n) is 7.20. The highest BCUT2D eigenvalue weighted by Gasteiger charge is 2.30. The van der Waals surface area contributed by atoms with Crippen molar-refractivity contribution in [2.75, 3.05) is 39.8 Å². The van der Waals surface area contributed by atoms with Crippen LogP contribution in [0.15, 0.2) is 0 Å². The van der Waals surface area contributed by atoms with Crippen LogP contribution in [-0.4, -0.2) is 67.3 Å². The summed E-state index contributed by atoms with van der Waals surface area (Å²) in [5, 5.41) is 3.16. The smallest absolute Gasteiger partial charge is 0.410 e. The van der Waals surface area contributed by atoms with Gasteiger partial charge >= 0.3 is 6.09 Å². The lowest BCUT2D eigenvalue weighted by atomic mass is 10.2. The van der Waals surface area contributed by atoms with Gasteiger partial charge in [-0.3, -0.25) is 4.90 Å². The van der Waals surface area contributed by atoms with Gasteiger partial charge in [0, 0.05) is 25.7 Å². The maximum Gasteiger partial charge on any atom is 0.410 e. The van der Waals surface area contributed by atoms with E-state index < -0.39 is 5.60 Å². The Kier molecular flexibility index (Phi) is 6.07. The molecule has 112 valence electrons. The largest absolute Gasteiger partial charge is 0.444 e. The van der Waals surface area contributed by atoms with Gasteiger partial charge in [-0.15, -0.1) is 0 Å². The summed E-state index contributed by atoms with van der Waals surface area (Å²) in [5.74, 6) is 0. The number of carbonyl (C=O) groups is 1. The highest BCUT2D eigenvalue weighted by atomic mass is 16.6. The normalized spacial score (nSPS) is 21.5. The monoisotopic (exact) mass is 271 g/mol. The number of amides is 1. The van der Waals surface area contributed by atoms with E-state index in [1.165, 1.54) is 0 Å². The van der Waals surface area contributed by atoms with Crippen LogP contribution >= 0.6 is 0 Å². The van der Waals surface area contributed by atoms with E-state index >= 15 is 0 Å². The van der Waals surface area contributed by atoms with E-state index in [0.29, 0.717) is 0 Å². The van der Waals surface area contributed by atoms with Gasteiger partial charge in [0.05, 0.1) is 0 Å². The zero-order valence-electron chi connectivity index (χ0n) is 13.0. The Morgan fingerprint density at radius 2 is 2.05 bits per heavy atom. The van der Waals surface area contributed by atoms with Crippen molar-refractivity contribution in [3.8, 4) is 0 Å². The summed E-state index contributed by atoms with van der Waals surface area (Å²) in [5.41, 5.74) is -0.416. The third-order valence-corrected chi connectivity index (χ3v) is 3.24. The Hall–Kier alpha value is -0.810. The molecule has 0 spiro atoms. The van der Waals surface area contributed by atoms with E-state index in [-0.39, 0.29) is 12.1 Å². The van der Waals surface area contributed by atoms with Crippen LogP contribution in [0.2, 0.25) is 0 Å². The predicted octanol–water partition coefficient (Wildman–Crippen LogP) is 1.54. The van der Waals surface area contributed by atoms with Crippen molar-refractivity contribution in [1.29, 1.82) is 0 Å². The van der Waals surface area contributed by atoms with Gasteiger partial charge in [0.15, 0.2) is 0 Å². The molecule has 0 aromatic heterocycles. The first kappa shape index (κ1) is 16.2. The van der Waals surface area contributed by atoms with Gasteiger partial charge in [-0.2, -0.15) is 0 Å². The van der Waals surface area contributed by atoms with E-state index in [0.717, 1.165) is 39.1 Å². The summed E-state index contributed by atoms with van der Waals surface area (Å²) in [4.78, 5) is 16.3.